The van der Waals surface area contributed by atoms with Gasteiger partial charge in [-0.2, -0.15) is 0 Å². The second-order valence-electron chi connectivity index (χ2n) is 7.13. The number of benzene rings is 1. The molecule has 0 spiro atoms. The van der Waals surface area contributed by atoms with Gasteiger partial charge < -0.3 is 10.1 Å². The molecular formula is C17H25F2NO. The molecule has 0 aliphatic carbocycles. The van der Waals surface area contributed by atoms with Crippen LogP contribution in [0, 0.1) is 24.5 Å². The summed E-state index contributed by atoms with van der Waals surface area (Å²) in [5.74, 6) is -0.976. The van der Waals surface area contributed by atoms with Crippen molar-refractivity contribution in [1.29, 1.82) is 0 Å². The van der Waals surface area contributed by atoms with Gasteiger partial charge in [-0.1, -0.05) is 6.07 Å². The molecule has 0 saturated carbocycles. The van der Waals surface area contributed by atoms with Crippen LogP contribution in [0.15, 0.2) is 12.1 Å². The van der Waals surface area contributed by atoms with Gasteiger partial charge in [0.1, 0.15) is 11.6 Å². The molecule has 1 saturated heterocycles. The largest absolute Gasteiger partial charge is 0.369 e. The summed E-state index contributed by atoms with van der Waals surface area (Å²) in [6.07, 6.45) is 0.748. The van der Waals surface area contributed by atoms with Gasteiger partial charge in [0, 0.05) is 17.5 Å². The summed E-state index contributed by atoms with van der Waals surface area (Å²) < 4.78 is 34.8. The molecule has 2 atom stereocenters. The molecule has 0 radical (unpaired) electrons. The summed E-state index contributed by atoms with van der Waals surface area (Å²) in [7, 11) is 1.74. The maximum Gasteiger partial charge on any atom is 0.133 e. The highest BCUT2D eigenvalue weighted by atomic mass is 19.1. The fourth-order valence-corrected chi connectivity index (χ4v) is 3.63. The molecule has 2 unspecified atom stereocenters. The second-order valence-corrected chi connectivity index (χ2v) is 7.13. The number of hydrogen-bond acceptors (Lipinski definition) is 2. The van der Waals surface area contributed by atoms with Gasteiger partial charge in [-0.3, -0.25) is 0 Å². The molecule has 4 heteroatoms. The smallest absolute Gasteiger partial charge is 0.133 e. The Morgan fingerprint density at radius 3 is 2.33 bits per heavy atom. The zero-order valence-corrected chi connectivity index (χ0v) is 13.7. The summed E-state index contributed by atoms with van der Waals surface area (Å²) in [6.45, 7) is 9.67. The van der Waals surface area contributed by atoms with Crippen LogP contribution in [0.1, 0.15) is 51.3 Å². The highest BCUT2D eigenvalue weighted by molar-refractivity contribution is 5.30. The third-order valence-electron chi connectivity index (χ3n) is 4.49. The van der Waals surface area contributed by atoms with Gasteiger partial charge >= 0.3 is 0 Å². The average Bonchev–Trinajstić information content (AvgIpc) is 2.58. The molecule has 0 amide bonds. The number of hydrogen-bond donors (Lipinski definition) is 1. The molecule has 1 heterocycles. The number of nitrogens with one attached hydrogen (secondary N) is 1. The summed E-state index contributed by atoms with van der Waals surface area (Å²) in [5.41, 5.74) is -0.153. The van der Waals surface area contributed by atoms with Gasteiger partial charge in [-0.05, 0) is 59.7 Å². The topological polar surface area (TPSA) is 21.3 Å². The lowest BCUT2D eigenvalue weighted by Crippen LogP contribution is -2.38. The van der Waals surface area contributed by atoms with Crippen LogP contribution in [0.5, 0.6) is 0 Å². The van der Waals surface area contributed by atoms with Crippen LogP contribution >= 0.6 is 0 Å². The van der Waals surface area contributed by atoms with Crippen LogP contribution in [0.2, 0.25) is 0 Å². The molecule has 21 heavy (non-hydrogen) atoms. The maximum atomic E-state index is 14.5. The Morgan fingerprint density at radius 1 is 1.24 bits per heavy atom. The zero-order valence-electron chi connectivity index (χ0n) is 13.7. The Kier molecular flexibility index (Phi) is 4.15. The van der Waals surface area contributed by atoms with Crippen molar-refractivity contribution in [2.75, 3.05) is 7.05 Å². The minimum absolute atomic E-state index is 0.0108. The third-order valence-corrected chi connectivity index (χ3v) is 4.49. The highest BCUT2D eigenvalue weighted by Gasteiger charge is 2.50. The molecule has 2 nitrogen and oxygen atoms in total. The molecule has 0 aromatic heterocycles. The third kappa shape index (κ3) is 2.97. The molecule has 1 aliphatic rings. The fourth-order valence-electron chi connectivity index (χ4n) is 3.63. The van der Waals surface area contributed by atoms with Crippen LogP contribution in [0.3, 0.4) is 0 Å². The van der Waals surface area contributed by atoms with E-state index in [2.05, 4.69) is 5.32 Å². The standard InChI is InChI=1S/C17H25F2NO/c1-10-7-8-12(18)13(14(10)19)15(20-6)11-9-16(2,3)21-17(11,4)5/h7-8,11,15,20H,9H2,1-6H3. The van der Waals surface area contributed by atoms with Crippen LogP contribution < -0.4 is 5.32 Å². The Bertz CT molecular complexity index is 540. The molecule has 1 aromatic carbocycles. The van der Waals surface area contributed by atoms with E-state index in [1.165, 1.54) is 12.1 Å². The fraction of sp³-hybridized carbons (Fsp3) is 0.647. The van der Waals surface area contributed by atoms with E-state index in [1.807, 2.05) is 27.7 Å². The van der Waals surface area contributed by atoms with Crippen molar-refractivity contribution in [3.8, 4) is 0 Å². The van der Waals surface area contributed by atoms with E-state index in [1.54, 1.807) is 14.0 Å². The van der Waals surface area contributed by atoms with E-state index in [0.29, 0.717) is 5.56 Å². The van der Waals surface area contributed by atoms with Gasteiger partial charge in [0.25, 0.3) is 0 Å². The number of halogens is 2. The van der Waals surface area contributed by atoms with Crippen molar-refractivity contribution in [3.05, 3.63) is 34.9 Å². The van der Waals surface area contributed by atoms with Gasteiger partial charge in [0.05, 0.1) is 11.2 Å². The number of ether oxygens (including phenoxy) is 1. The number of rotatable bonds is 3. The van der Waals surface area contributed by atoms with E-state index in [4.69, 9.17) is 4.74 Å². The SMILES string of the molecule is CNC(c1c(F)ccc(C)c1F)C1CC(C)(C)OC1(C)C. The molecule has 1 N–H and O–H groups in total. The van der Waals surface area contributed by atoms with E-state index in [0.717, 1.165) is 6.42 Å². The minimum Gasteiger partial charge on any atom is -0.369 e. The average molecular weight is 297 g/mol. The van der Waals surface area contributed by atoms with E-state index in [-0.39, 0.29) is 17.1 Å². The maximum absolute atomic E-state index is 14.5. The first-order valence-electron chi connectivity index (χ1n) is 7.41. The molecule has 1 aliphatic heterocycles. The molecule has 2 rings (SSSR count). The molecule has 1 fully saturated rings. The molecular weight excluding hydrogens is 272 g/mol. The van der Waals surface area contributed by atoms with Crippen molar-refractivity contribution >= 4 is 0 Å². The number of aryl methyl sites for hydroxylation is 1. The quantitative estimate of drug-likeness (QED) is 0.906. The lowest BCUT2D eigenvalue weighted by Gasteiger charge is -2.33. The second kappa shape index (κ2) is 5.33. The van der Waals surface area contributed by atoms with E-state index >= 15 is 0 Å². The predicted molar refractivity (Wildman–Crippen MR) is 80.2 cm³/mol. The summed E-state index contributed by atoms with van der Waals surface area (Å²) in [5, 5.41) is 3.10. The summed E-state index contributed by atoms with van der Waals surface area (Å²) in [6, 6.07) is 2.40. The Morgan fingerprint density at radius 2 is 1.86 bits per heavy atom. The Labute approximate surface area is 125 Å². The van der Waals surface area contributed by atoms with Crippen LogP contribution in [-0.2, 0) is 4.74 Å². The van der Waals surface area contributed by atoms with Crippen LogP contribution in [0.4, 0.5) is 8.78 Å². The minimum atomic E-state index is -0.502. The lowest BCUT2D eigenvalue weighted by molar-refractivity contribution is -0.0778. The Balaban J connectivity index is 2.49. The van der Waals surface area contributed by atoms with Crippen molar-refractivity contribution < 1.29 is 13.5 Å². The van der Waals surface area contributed by atoms with E-state index in [9.17, 15) is 8.78 Å². The van der Waals surface area contributed by atoms with Gasteiger partial charge in [-0.15, -0.1) is 0 Å². The van der Waals surface area contributed by atoms with Crippen molar-refractivity contribution in [2.24, 2.45) is 5.92 Å². The highest BCUT2D eigenvalue weighted by Crippen LogP contribution is 2.48. The van der Waals surface area contributed by atoms with Gasteiger partial charge in [0.2, 0.25) is 0 Å². The molecule has 118 valence electrons. The van der Waals surface area contributed by atoms with Crippen LogP contribution in [0.25, 0.3) is 0 Å². The zero-order chi connectivity index (χ0) is 16.0. The predicted octanol–water partition coefficient (Wildman–Crippen LogP) is 4.13. The molecule has 1 aromatic rings. The van der Waals surface area contributed by atoms with Crippen molar-refractivity contribution in [2.45, 2.75) is 58.3 Å². The lowest BCUT2D eigenvalue weighted by atomic mass is 9.78. The Hall–Kier alpha value is -1.00. The summed E-state index contributed by atoms with van der Waals surface area (Å²) in [4.78, 5) is 0. The first-order valence-corrected chi connectivity index (χ1v) is 7.41. The first-order chi connectivity index (χ1) is 9.59. The molecule has 0 bridgehead atoms. The van der Waals surface area contributed by atoms with Crippen LogP contribution in [-0.4, -0.2) is 18.2 Å². The van der Waals surface area contributed by atoms with Crippen molar-refractivity contribution in [1.82, 2.24) is 5.32 Å². The van der Waals surface area contributed by atoms with Gasteiger partial charge in [-0.25, -0.2) is 8.78 Å². The van der Waals surface area contributed by atoms with Gasteiger partial charge in [0.15, 0.2) is 0 Å². The monoisotopic (exact) mass is 297 g/mol. The normalized spacial score (nSPS) is 25.0. The van der Waals surface area contributed by atoms with E-state index < -0.39 is 23.3 Å². The first kappa shape index (κ1) is 16.4. The van der Waals surface area contributed by atoms with Crippen molar-refractivity contribution in [3.63, 3.8) is 0 Å². The summed E-state index contributed by atoms with van der Waals surface area (Å²) >= 11 is 0.